The van der Waals surface area contributed by atoms with E-state index < -0.39 is 0 Å². The van der Waals surface area contributed by atoms with E-state index in [2.05, 4.69) is 17.1 Å². The molecule has 0 aromatic heterocycles. The number of hydrogen-bond acceptors (Lipinski definition) is 4. The number of nitrogens with one attached hydrogen (secondary N) is 1. The number of nitrogens with zero attached hydrogens (tertiary/aromatic N) is 1. The molecule has 1 amide bonds. The summed E-state index contributed by atoms with van der Waals surface area (Å²) >= 11 is 0. The van der Waals surface area contributed by atoms with Gasteiger partial charge in [-0.25, -0.2) is 0 Å². The van der Waals surface area contributed by atoms with Crippen molar-refractivity contribution in [1.82, 2.24) is 0 Å². The Bertz CT molecular complexity index is 516. The zero-order chi connectivity index (χ0) is 13.4. The molecule has 5 nitrogen and oxygen atoms in total. The van der Waals surface area contributed by atoms with E-state index in [1.807, 2.05) is 12.1 Å². The second kappa shape index (κ2) is 4.74. The fraction of sp³-hybridized carbons (Fsp3) is 0.500. The Morgan fingerprint density at radius 3 is 3.05 bits per heavy atom. The standard InChI is InChI=1S/C14H19N3O2/c1-9-8-19-5-4-17(9)13-7-12-10(6-11(13)15)2-3-14(18)16-12/h6-7,9H,2-5,8,15H2,1H3,(H,16,18). The van der Waals surface area contributed by atoms with Gasteiger partial charge in [-0.3, -0.25) is 4.79 Å². The topological polar surface area (TPSA) is 67.6 Å². The molecule has 2 aliphatic rings. The van der Waals surface area contributed by atoms with Crippen LogP contribution in [0.3, 0.4) is 0 Å². The minimum atomic E-state index is 0.0817. The molecule has 2 heterocycles. The average Bonchev–Trinajstić information content (AvgIpc) is 2.39. The second-order valence-corrected chi connectivity index (χ2v) is 5.23. The van der Waals surface area contributed by atoms with Crippen LogP contribution >= 0.6 is 0 Å². The second-order valence-electron chi connectivity index (χ2n) is 5.23. The first-order valence-electron chi connectivity index (χ1n) is 6.72. The first kappa shape index (κ1) is 12.3. The summed E-state index contributed by atoms with van der Waals surface area (Å²) in [4.78, 5) is 13.7. The van der Waals surface area contributed by atoms with Crippen LogP contribution in [-0.2, 0) is 16.0 Å². The molecule has 0 aliphatic carbocycles. The van der Waals surface area contributed by atoms with Crippen LogP contribution in [0.5, 0.6) is 0 Å². The Kier molecular flexibility index (Phi) is 3.06. The molecule has 1 aromatic carbocycles. The molecule has 1 fully saturated rings. The normalized spacial score (nSPS) is 22.9. The molecule has 1 saturated heterocycles. The number of carbonyl (C=O) groups excluding carboxylic acids is 1. The van der Waals surface area contributed by atoms with Crippen LogP contribution in [0.1, 0.15) is 18.9 Å². The highest BCUT2D eigenvalue weighted by Gasteiger charge is 2.23. The number of carbonyl (C=O) groups is 1. The molecular weight excluding hydrogens is 242 g/mol. The predicted molar refractivity (Wildman–Crippen MR) is 75.4 cm³/mol. The van der Waals surface area contributed by atoms with Gasteiger partial charge in [-0.1, -0.05) is 0 Å². The number of benzene rings is 1. The molecule has 1 atom stereocenters. The van der Waals surface area contributed by atoms with E-state index in [0.29, 0.717) is 25.7 Å². The summed E-state index contributed by atoms with van der Waals surface area (Å²) in [5.41, 5.74) is 9.98. The van der Waals surface area contributed by atoms with Crippen molar-refractivity contribution in [2.75, 3.05) is 35.7 Å². The highest BCUT2D eigenvalue weighted by atomic mass is 16.5. The van der Waals surface area contributed by atoms with Crippen LogP contribution in [0.2, 0.25) is 0 Å². The van der Waals surface area contributed by atoms with Crippen molar-refractivity contribution in [2.45, 2.75) is 25.8 Å². The molecule has 3 N–H and O–H groups in total. The number of morpholine rings is 1. The van der Waals surface area contributed by atoms with E-state index in [9.17, 15) is 4.79 Å². The largest absolute Gasteiger partial charge is 0.397 e. The quantitative estimate of drug-likeness (QED) is 0.749. The maximum absolute atomic E-state index is 11.5. The van der Waals surface area contributed by atoms with E-state index >= 15 is 0 Å². The minimum Gasteiger partial charge on any atom is -0.397 e. The van der Waals surface area contributed by atoms with Gasteiger partial charge >= 0.3 is 0 Å². The predicted octanol–water partition coefficient (Wildman–Crippen LogP) is 1.38. The lowest BCUT2D eigenvalue weighted by Crippen LogP contribution is -2.44. The third kappa shape index (κ3) is 2.26. The number of nitrogen functional groups attached to an aromatic ring is 1. The van der Waals surface area contributed by atoms with Gasteiger partial charge in [-0.05, 0) is 31.0 Å². The zero-order valence-corrected chi connectivity index (χ0v) is 11.1. The maximum Gasteiger partial charge on any atom is 0.224 e. The van der Waals surface area contributed by atoms with Crippen LogP contribution < -0.4 is 16.0 Å². The fourth-order valence-corrected chi connectivity index (χ4v) is 2.77. The van der Waals surface area contributed by atoms with Crippen LogP contribution in [0.4, 0.5) is 17.1 Å². The Hall–Kier alpha value is -1.75. The molecule has 102 valence electrons. The Labute approximate surface area is 112 Å². The van der Waals surface area contributed by atoms with Crippen LogP contribution in [-0.4, -0.2) is 31.7 Å². The van der Waals surface area contributed by atoms with Crippen LogP contribution in [0.25, 0.3) is 0 Å². The van der Waals surface area contributed by atoms with Crippen molar-refractivity contribution < 1.29 is 9.53 Å². The SMILES string of the molecule is CC1COCCN1c1cc2c(cc1N)CCC(=O)N2. The Morgan fingerprint density at radius 2 is 2.26 bits per heavy atom. The van der Waals surface area contributed by atoms with E-state index in [0.717, 1.165) is 35.6 Å². The number of nitrogens with two attached hydrogens (primary N) is 1. The van der Waals surface area contributed by atoms with Gasteiger partial charge < -0.3 is 20.7 Å². The number of fused-ring (bicyclic) bond motifs is 1. The summed E-state index contributed by atoms with van der Waals surface area (Å²) in [5, 5.41) is 2.93. The van der Waals surface area contributed by atoms with Gasteiger partial charge in [0.2, 0.25) is 5.91 Å². The minimum absolute atomic E-state index is 0.0817. The molecule has 19 heavy (non-hydrogen) atoms. The van der Waals surface area contributed by atoms with Gasteiger partial charge in [0, 0.05) is 24.7 Å². The van der Waals surface area contributed by atoms with Crippen LogP contribution in [0.15, 0.2) is 12.1 Å². The highest BCUT2D eigenvalue weighted by molar-refractivity contribution is 5.95. The molecule has 0 radical (unpaired) electrons. The Morgan fingerprint density at radius 1 is 1.42 bits per heavy atom. The van der Waals surface area contributed by atoms with E-state index in [4.69, 9.17) is 10.5 Å². The van der Waals surface area contributed by atoms with Gasteiger partial charge in [0.1, 0.15) is 0 Å². The lowest BCUT2D eigenvalue weighted by atomic mass is 10.0. The fourth-order valence-electron chi connectivity index (χ4n) is 2.77. The average molecular weight is 261 g/mol. The summed E-state index contributed by atoms with van der Waals surface area (Å²) < 4.78 is 5.45. The monoisotopic (exact) mass is 261 g/mol. The number of rotatable bonds is 1. The van der Waals surface area contributed by atoms with Crippen molar-refractivity contribution in [3.8, 4) is 0 Å². The van der Waals surface area contributed by atoms with Gasteiger partial charge in [0.25, 0.3) is 0 Å². The van der Waals surface area contributed by atoms with Gasteiger partial charge in [-0.2, -0.15) is 0 Å². The summed E-state index contributed by atoms with van der Waals surface area (Å²) in [6, 6.07) is 4.30. The van der Waals surface area contributed by atoms with Crippen LogP contribution in [0, 0.1) is 0 Å². The molecule has 2 aliphatic heterocycles. The lowest BCUT2D eigenvalue weighted by Gasteiger charge is -2.36. The lowest BCUT2D eigenvalue weighted by molar-refractivity contribution is -0.116. The van der Waals surface area contributed by atoms with Crippen molar-refractivity contribution in [2.24, 2.45) is 0 Å². The molecule has 1 aromatic rings. The number of aryl methyl sites for hydroxylation is 1. The van der Waals surface area contributed by atoms with Gasteiger partial charge in [0.05, 0.1) is 24.6 Å². The van der Waals surface area contributed by atoms with Crippen molar-refractivity contribution >= 4 is 23.0 Å². The molecular formula is C14H19N3O2. The third-order valence-electron chi connectivity index (χ3n) is 3.83. The van der Waals surface area contributed by atoms with Gasteiger partial charge in [0.15, 0.2) is 0 Å². The number of anilines is 3. The van der Waals surface area contributed by atoms with E-state index in [-0.39, 0.29) is 5.91 Å². The Balaban J connectivity index is 1.97. The molecule has 0 spiro atoms. The molecule has 3 rings (SSSR count). The number of ether oxygens (including phenoxy) is 1. The van der Waals surface area contributed by atoms with Crippen molar-refractivity contribution in [1.29, 1.82) is 0 Å². The molecule has 5 heteroatoms. The van der Waals surface area contributed by atoms with Gasteiger partial charge in [-0.15, -0.1) is 0 Å². The summed E-state index contributed by atoms with van der Waals surface area (Å²) in [6.45, 7) is 4.38. The number of hydrogen-bond donors (Lipinski definition) is 2. The van der Waals surface area contributed by atoms with E-state index in [1.54, 1.807) is 0 Å². The third-order valence-corrected chi connectivity index (χ3v) is 3.83. The highest BCUT2D eigenvalue weighted by Crippen LogP contribution is 2.34. The zero-order valence-electron chi connectivity index (χ0n) is 11.1. The summed E-state index contributed by atoms with van der Waals surface area (Å²) in [7, 11) is 0. The van der Waals surface area contributed by atoms with Crippen molar-refractivity contribution in [3.05, 3.63) is 17.7 Å². The summed E-state index contributed by atoms with van der Waals surface area (Å²) in [5.74, 6) is 0.0817. The maximum atomic E-state index is 11.5. The number of amides is 1. The van der Waals surface area contributed by atoms with Crippen molar-refractivity contribution in [3.63, 3.8) is 0 Å². The first-order chi connectivity index (χ1) is 9.15. The molecule has 0 saturated carbocycles. The summed E-state index contributed by atoms with van der Waals surface area (Å²) in [6.07, 6.45) is 1.31. The van der Waals surface area contributed by atoms with E-state index in [1.165, 1.54) is 0 Å². The molecule has 0 bridgehead atoms. The smallest absolute Gasteiger partial charge is 0.224 e. The molecule has 1 unspecified atom stereocenters. The first-order valence-corrected chi connectivity index (χ1v) is 6.72.